The van der Waals surface area contributed by atoms with Crippen molar-refractivity contribution in [3.8, 4) is 11.5 Å². The molecule has 4 amide bonds. The summed E-state index contributed by atoms with van der Waals surface area (Å²) in [5.74, 6) is -0.283. The second-order valence-corrected chi connectivity index (χ2v) is 5.26. The van der Waals surface area contributed by atoms with Crippen LogP contribution in [0.3, 0.4) is 0 Å². The lowest BCUT2D eigenvalue weighted by Crippen LogP contribution is -2.52. The first-order valence-electron chi connectivity index (χ1n) is 5.91. The lowest BCUT2D eigenvalue weighted by Gasteiger charge is -2.22. The van der Waals surface area contributed by atoms with E-state index >= 15 is 0 Å². The summed E-state index contributed by atoms with van der Waals surface area (Å²) in [5.41, 5.74) is 0.442. The van der Waals surface area contributed by atoms with Gasteiger partial charge < -0.3 is 9.47 Å². The summed E-state index contributed by atoms with van der Waals surface area (Å²) in [5, 5.41) is 2.09. The Kier molecular flexibility index (Phi) is 3.17. The van der Waals surface area contributed by atoms with Crippen molar-refractivity contribution in [2.45, 2.75) is 0 Å². The summed E-state index contributed by atoms with van der Waals surface area (Å²) in [6, 6.07) is 2.59. The molecular weight excluding hydrogens is 344 g/mol. The molecule has 0 spiro atoms. The van der Waals surface area contributed by atoms with Gasteiger partial charge >= 0.3 is 6.03 Å². The molecule has 2 heterocycles. The van der Waals surface area contributed by atoms with Crippen molar-refractivity contribution in [1.29, 1.82) is 0 Å². The largest absolute Gasteiger partial charge is 0.454 e. The van der Waals surface area contributed by atoms with E-state index in [-0.39, 0.29) is 12.4 Å². The second-order valence-electron chi connectivity index (χ2n) is 4.41. The van der Waals surface area contributed by atoms with E-state index in [2.05, 4.69) is 21.2 Å². The number of fused-ring (bicyclic) bond motifs is 1. The van der Waals surface area contributed by atoms with Gasteiger partial charge in [-0.25, -0.2) is 4.79 Å². The van der Waals surface area contributed by atoms with Crippen molar-refractivity contribution in [3.63, 3.8) is 0 Å². The Morgan fingerprint density at radius 2 is 1.90 bits per heavy atom. The molecule has 3 rings (SSSR count). The molecule has 0 bridgehead atoms. The number of hydrogen-bond donors (Lipinski definition) is 1. The maximum Gasteiger partial charge on any atom is 0.331 e. The molecule has 1 saturated heterocycles. The van der Waals surface area contributed by atoms with Crippen LogP contribution in [0.15, 0.2) is 22.2 Å². The zero-order chi connectivity index (χ0) is 15.1. The lowest BCUT2D eigenvalue weighted by molar-refractivity contribution is -0.129. The highest BCUT2D eigenvalue weighted by atomic mass is 79.9. The average molecular weight is 353 g/mol. The van der Waals surface area contributed by atoms with Crippen LogP contribution < -0.4 is 14.8 Å². The number of nitrogens with zero attached hydrogens (tertiary/aromatic N) is 1. The minimum atomic E-state index is -0.744. The number of amides is 4. The van der Waals surface area contributed by atoms with E-state index in [4.69, 9.17) is 9.47 Å². The third-order valence-corrected chi connectivity index (χ3v) is 3.78. The predicted molar refractivity (Wildman–Crippen MR) is 74.6 cm³/mol. The van der Waals surface area contributed by atoms with Gasteiger partial charge in [-0.2, -0.15) is 0 Å². The van der Waals surface area contributed by atoms with E-state index in [1.165, 1.54) is 13.1 Å². The Hall–Kier alpha value is -2.35. The first-order chi connectivity index (χ1) is 9.97. The predicted octanol–water partition coefficient (Wildman–Crippen LogP) is 1.27. The molecule has 21 heavy (non-hydrogen) atoms. The van der Waals surface area contributed by atoms with Gasteiger partial charge in [-0.05, 0) is 23.8 Å². The van der Waals surface area contributed by atoms with Gasteiger partial charge in [0.1, 0.15) is 5.57 Å². The van der Waals surface area contributed by atoms with Crippen LogP contribution in [0.1, 0.15) is 5.56 Å². The van der Waals surface area contributed by atoms with Crippen LogP contribution >= 0.6 is 15.9 Å². The molecule has 2 aliphatic heterocycles. The number of rotatable bonds is 1. The Morgan fingerprint density at radius 1 is 1.24 bits per heavy atom. The van der Waals surface area contributed by atoms with Crippen LogP contribution in [0.4, 0.5) is 4.79 Å². The van der Waals surface area contributed by atoms with Crippen LogP contribution in [-0.2, 0) is 9.59 Å². The minimum Gasteiger partial charge on any atom is -0.454 e. The quantitative estimate of drug-likeness (QED) is 0.607. The number of carbonyl (C=O) groups excluding carboxylic acids is 3. The summed E-state index contributed by atoms with van der Waals surface area (Å²) in [6.07, 6.45) is 1.40. The fourth-order valence-electron chi connectivity index (χ4n) is 1.94. The number of nitrogens with one attached hydrogen (secondary N) is 1. The number of halogens is 1. The van der Waals surface area contributed by atoms with Crippen LogP contribution in [0, 0.1) is 0 Å². The molecule has 0 unspecified atom stereocenters. The highest BCUT2D eigenvalue weighted by Gasteiger charge is 2.33. The third kappa shape index (κ3) is 2.27. The summed E-state index contributed by atoms with van der Waals surface area (Å²) >= 11 is 3.34. The van der Waals surface area contributed by atoms with E-state index in [9.17, 15) is 14.4 Å². The van der Waals surface area contributed by atoms with Gasteiger partial charge in [0.25, 0.3) is 11.8 Å². The Bertz CT molecular complexity index is 713. The van der Waals surface area contributed by atoms with Crippen molar-refractivity contribution in [2.24, 2.45) is 0 Å². The molecule has 1 N–H and O–H groups in total. The van der Waals surface area contributed by atoms with Crippen molar-refractivity contribution in [2.75, 3.05) is 13.8 Å². The Morgan fingerprint density at radius 3 is 2.62 bits per heavy atom. The zero-order valence-electron chi connectivity index (χ0n) is 10.8. The van der Waals surface area contributed by atoms with Gasteiger partial charge in [-0.1, -0.05) is 15.9 Å². The lowest BCUT2D eigenvalue weighted by atomic mass is 10.1. The Labute approximate surface area is 127 Å². The molecule has 0 aromatic heterocycles. The standard InChI is InChI=1S/C13H9BrN2O5/c1-16-12(18)7(11(17)15-13(16)19)2-6-3-9-10(4-8(6)14)21-5-20-9/h2-4H,5H2,1H3,(H,15,17,19). The Balaban J connectivity index is 2.03. The second kappa shape index (κ2) is 4.88. The molecule has 1 fully saturated rings. The SMILES string of the molecule is CN1C(=O)NC(=O)C(=Cc2cc3c(cc2Br)OCO3)C1=O. The van der Waals surface area contributed by atoms with Crippen LogP contribution in [0.2, 0.25) is 0 Å². The average Bonchev–Trinajstić information content (AvgIpc) is 2.88. The number of urea groups is 1. The van der Waals surface area contributed by atoms with Gasteiger partial charge in [0.05, 0.1) is 0 Å². The van der Waals surface area contributed by atoms with Gasteiger partial charge in [0.2, 0.25) is 6.79 Å². The molecule has 1 aromatic carbocycles. The molecule has 7 nitrogen and oxygen atoms in total. The first kappa shape index (κ1) is 13.6. The van der Waals surface area contributed by atoms with Crippen LogP contribution in [-0.4, -0.2) is 36.6 Å². The number of carbonyl (C=O) groups is 3. The van der Waals surface area contributed by atoms with Crippen molar-refractivity contribution in [3.05, 3.63) is 27.7 Å². The molecule has 8 heteroatoms. The summed E-state index contributed by atoms with van der Waals surface area (Å²) in [6.45, 7) is 0.123. The number of imide groups is 2. The number of barbiturate groups is 1. The molecule has 0 aliphatic carbocycles. The summed E-state index contributed by atoms with van der Waals surface area (Å²) < 4.78 is 11.1. The van der Waals surface area contributed by atoms with E-state index in [0.29, 0.717) is 21.5 Å². The van der Waals surface area contributed by atoms with Crippen LogP contribution in [0.25, 0.3) is 6.08 Å². The maximum absolute atomic E-state index is 12.0. The van der Waals surface area contributed by atoms with Gasteiger partial charge in [0.15, 0.2) is 11.5 Å². The number of likely N-dealkylation sites (N-methyl/N-ethyl adjacent to an activating group) is 1. The molecule has 0 atom stereocenters. The topological polar surface area (TPSA) is 84.9 Å². The van der Waals surface area contributed by atoms with E-state index in [0.717, 1.165) is 4.90 Å². The number of benzene rings is 1. The summed E-state index contributed by atoms with van der Waals surface area (Å²) in [4.78, 5) is 36.0. The van der Waals surface area contributed by atoms with Crippen molar-refractivity contribution in [1.82, 2.24) is 10.2 Å². The van der Waals surface area contributed by atoms with E-state index < -0.39 is 17.8 Å². The van der Waals surface area contributed by atoms with Crippen molar-refractivity contribution >= 4 is 39.9 Å². The zero-order valence-corrected chi connectivity index (χ0v) is 12.4. The molecule has 108 valence electrons. The molecule has 1 aromatic rings. The van der Waals surface area contributed by atoms with Gasteiger partial charge in [0, 0.05) is 11.5 Å². The smallest absolute Gasteiger partial charge is 0.331 e. The molecule has 0 saturated carbocycles. The minimum absolute atomic E-state index is 0.123. The normalized spacial score (nSPS) is 19.2. The van der Waals surface area contributed by atoms with Crippen molar-refractivity contribution < 1.29 is 23.9 Å². The fraction of sp³-hybridized carbons (Fsp3) is 0.154. The maximum atomic E-state index is 12.0. The molecule has 2 aliphatic rings. The van der Waals surface area contributed by atoms with Gasteiger partial charge in [-0.3, -0.25) is 19.8 Å². The van der Waals surface area contributed by atoms with Crippen LogP contribution in [0.5, 0.6) is 11.5 Å². The number of hydrogen-bond acceptors (Lipinski definition) is 5. The fourth-order valence-corrected chi connectivity index (χ4v) is 2.38. The summed E-state index contributed by atoms with van der Waals surface area (Å²) in [7, 11) is 1.30. The third-order valence-electron chi connectivity index (χ3n) is 3.10. The van der Waals surface area contributed by atoms with E-state index in [1.807, 2.05) is 0 Å². The van der Waals surface area contributed by atoms with E-state index in [1.54, 1.807) is 12.1 Å². The highest BCUT2D eigenvalue weighted by Crippen LogP contribution is 2.37. The molecular formula is C13H9BrN2O5. The highest BCUT2D eigenvalue weighted by molar-refractivity contribution is 9.10. The van der Waals surface area contributed by atoms with Gasteiger partial charge in [-0.15, -0.1) is 0 Å². The monoisotopic (exact) mass is 352 g/mol. The number of ether oxygens (including phenoxy) is 2. The molecule has 0 radical (unpaired) electrons. The first-order valence-corrected chi connectivity index (χ1v) is 6.71.